The molecule has 0 amide bonds. The molecule has 4 aliphatic carbocycles. The van der Waals surface area contributed by atoms with Gasteiger partial charge >= 0.3 is 5.97 Å². The molecule has 0 radical (unpaired) electrons. The fourth-order valence-electron chi connectivity index (χ4n) is 10.9. The molecule has 0 aliphatic heterocycles. The summed E-state index contributed by atoms with van der Waals surface area (Å²) in [5, 5.41) is 0. The second-order valence-electron chi connectivity index (χ2n) is 17.1. The SMILES string of the molecule is CCCCCCCCCCC(C=O)(C=O)C(=O)OC1CC[C@@]2(C)C(=CC[C@H]3[C@@H]4CC[C@H]([C@H](C)CCCC(C)C)[C@@]4(C)CC[C@@H]32)C1. The van der Waals surface area contributed by atoms with Gasteiger partial charge in [0.25, 0.3) is 0 Å². The molecule has 0 spiro atoms. The Morgan fingerprint density at radius 1 is 0.889 bits per heavy atom. The standard InChI is InChI=1S/C41H68O4/c1-7-8-9-10-11-12-13-14-24-41(28-42,29-43)38(44)45-33-22-25-39(5)32(27-33)18-19-34-36-21-20-35(31(4)17-15-16-30(2)3)40(36,6)26-23-37(34)39/h18,28-31,33-37H,7-17,19-27H2,1-6H3/t31-,33?,34+,35-,36+,37+,39+,40-/m1/s1. The van der Waals surface area contributed by atoms with Gasteiger partial charge in [-0.25, -0.2) is 0 Å². The number of hydrogen-bond acceptors (Lipinski definition) is 4. The van der Waals surface area contributed by atoms with Crippen LogP contribution in [0.5, 0.6) is 0 Å². The molecule has 4 nitrogen and oxygen atoms in total. The number of ether oxygens (including phenoxy) is 1. The molecule has 0 heterocycles. The lowest BCUT2D eigenvalue weighted by molar-refractivity contribution is -0.165. The zero-order chi connectivity index (χ0) is 32.7. The summed E-state index contributed by atoms with van der Waals surface area (Å²) >= 11 is 0. The maximum absolute atomic E-state index is 13.3. The molecule has 0 bridgehead atoms. The minimum absolute atomic E-state index is 0.178. The van der Waals surface area contributed by atoms with Gasteiger partial charge in [-0.1, -0.05) is 124 Å². The Bertz CT molecular complexity index is 1000. The van der Waals surface area contributed by atoms with Gasteiger partial charge in [0, 0.05) is 6.42 Å². The summed E-state index contributed by atoms with van der Waals surface area (Å²) < 4.78 is 6.02. The third-order valence-electron chi connectivity index (χ3n) is 13.8. The highest BCUT2D eigenvalue weighted by Crippen LogP contribution is 2.67. The van der Waals surface area contributed by atoms with E-state index in [1.165, 1.54) is 82.6 Å². The monoisotopic (exact) mass is 625 g/mol. The third-order valence-corrected chi connectivity index (χ3v) is 13.8. The molecule has 8 atom stereocenters. The van der Waals surface area contributed by atoms with Crippen molar-refractivity contribution in [3.8, 4) is 0 Å². The lowest BCUT2D eigenvalue weighted by Crippen LogP contribution is -2.51. The van der Waals surface area contributed by atoms with E-state index in [0.717, 1.165) is 68.1 Å². The van der Waals surface area contributed by atoms with E-state index < -0.39 is 11.4 Å². The van der Waals surface area contributed by atoms with Crippen LogP contribution in [0.1, 0.15) is 170 Å². The molecule has 3 fully saturated rings. The molecule has 256 valence electrons. The Balaban J connectivity index is 1.33. The van der Waals surface area contributed by atoms with Crippen molar-refractivity contribution >= 4 is 18.5 Å². The van der Waals surface area contributed by atoms with Crippen molar-refractivity contribution in [1.29, 1.82) is 0 Å². The molecule has 1 unspecified atom stereocenters. The van der Waals surface area contributed by atoms with Crippen molar-refractivity contribution in [2.24, 2.45) is 51.8 Å². The number of carbonyl (C=O) groups is 3. The summed E-state index contributed by atoms with van der Waals surface area (Å²) in [6.45, 7) is 14.6. The van der Waals surface area contributed by atoms with E-state index in [-0.39, 0.29) is 17.9 Å². The van der Waals surface area contributed by atoms with Gasteiger partial charge in [-0.15, -0.1) is 0 Å². The van der Waals surface area contributed by atoms with Gasteiger partial charge in [0.1, 0.15) is 18.7 Å². The third kappa shape index (κ3) is 7.99. The van der Waals surface area contributed by atoms with Gasteiger partial charge in [-0.2, -0.15) is 0 Å². The average Bonchev–Trinajstić information content (AvgIpc) is 3.38. The van der Waals surface area contributed by atoms with Gasteiger partial charge in [0.15, 0.2) is 5.41 Å². The summed E-state index contributed by atoms with van der Waals surface area (Å²) in [4.78, 5) is 37.6. The predicted octanol–water partition coefficient (Wildman–Crippen LogP) is 10.9. The number of carbonyl (C=O) groups excluding carboxylic acids is 3. The fourth-order valence-corrected chi connectivity index (χ4v) is 10.9. The maximum Gasteiger partial charge on any atom is 0.326 e. The van der Waals surface area contributed by atoms with E-state index in [1.54, 1.807) is 0 Å². The first-order valence-corrected chi connectivity index (χ1v) is 19.4. The first-order chi connectivity index (χ1) is 21.5. The van der Waals surface area contributed by atoms with Gasteiger partial charge in [0.05, 0.1) is 0 Å². The minimum atomic E-state index is -1.65. The number of esters is 1. The minimum Gasteiger partial charge on any atom is -0.461 e. The van der Waals surface area contributed by atoms with Crippen molar-refractivity contribution in [2.45, 2.75) is 176 Å². The molecular weight excluding hydrogens is 556 g/mol. The van der Waals surface area contributed by atoms with Gasteiger partial charge in [-0.3, -0.25) is 4.79 Å². The molecule has 0 N–H and O–H groups in total. The van der Waals surface area contributed by atoms with Crippen molar-refractivity contribution in [3.63, 3.8) is 0 Å². The normalized spacial score (nSPS) is 33.5. The largest absolute Gasteiger partial charge is 0.461 e. The summed E-state index contributed by atoms with van der Waals surface area (Å²) in [5.41, 5.74) is 0.485. The van der Waals surface area contributed by atoms with Gasteiger partial charge < -0.3 is 14.3 Å². The van der Waals surface area contributed by atoms with Crippen LogP contribution in [-0.4, -0.2) is 24.6 Å². The van der Waals surface area contributed by atoms with E-state index in [2.05, 4.69) is 47.6 Å². The summed E-state index contributed by atoms with van der Waals surface area (Å²) in [6.07, 6.45) is 26.0. The Morgan fingerprint density at radius 2 is 1.58 bits per heavy atom. The topological polar surface area (TPSA) is 60.4 Å². The number of aldehydes is 2. The van der Waals surface area contributed by atoms with E-state index >= 15 is 0 Å². The van der Waals surface area contributed by atoms with Crippen LogP contribution in [-0.2, 0) is 19.1 Å². The highest BCUT2D eigenvalue weighted by Gasteiger charge is 2.59. The fraction of sp³-hybridized carbons (Fsp3) is 0.878. The number of unbranched alkanes of at least 4 members (excludes halogenated alkanes) is 7. The highest BCUT2D eigenvalue weighted by molar-refractivity contribution is 6.08. The van der Waals surface area contributed by atoms with Crippen molar-refractivity contribution in [1.82, 2.24) is 0 Å². The summed E-state index contributed by atoms with van der Waals surface area (Å²) in [6, 6.07) is 0. The van der Waals surface area contributed by atoms with Gasteiger partial charge in [-0.05, 0) is 97.7 Å². The second-order valence-corrected chi connectivity index (χ2v) is 17.1. The zero-order valence-electron chi connectivity index (χ0n) is 30.0. The first-order valence-electron chi connectivity index (χ1n) is 19.4. The van der Waals surface area contributed by atoms with Crippen molar-refractivity contribution in [2.75, 3.05) is 0 Å². The molecule has 4 heteroatoms. The molecule has 45 heavy (non-hydrogen) atoms. The van der Waals surface area contributed by atoms with Crippen molar-refractivity contribution < 1.29 is 19.1 Å². The number of rotatable bonds is 18. The van der Waals surface area contributed by atoms with Crippen LogP contribution < -0.4 is 0 Å². The van der Waals surface area contributed by atoms with Crippen LogP contribution in [0.2, 0.25) is 0 Å². The molecule has 3 saturated carbocycles. The Labute approximate surface area is 276 Å². The molecule has 4 aliphatic rings. The van der Waals surface area contributed by atoms with E-state index in [1.807, 2.05) is 0 Å². The molecule has 0 aromatic carbocycles. The van der Waals surface area contributed by atoms with Crippen molar-refractivity contribution in [3.05, 3.63) is 11.6 Å². The highest BCUT2D eigenvalue weighted by atomic mass is 16.5. The quantitative estimate of drug-likeness (QED) is 0.0500. The Hall–Kier alpha value is -1.45. The Morgan fingerprint density at radius 3 is 2.24 bits per heavy atom. The van der Waals surface area contributed by atoms with Crippen LogP contribution in [0.25, 0.3) is 0 Å². The molecule has 0 aromatic rings. The molecule has 0 aromatic heterocycles. The molecule has 0 saturated heterocycles. The maximum atomic E-state index is 13.3. The van der Waals surface area contributed by atoms with Gasteiger partial charge in [0.2, 0.25) is 0 Å². The van der Waals surface area contributed by atoms with Crippen LogP contribution in [0.3, 0.4) is 0 Å². The summed E-state index contributed by atoms with van der Waals surface area (Å²) in [5.74, 6) is 4.20. The Kier molecular flexibility index (Phi) is 13.0. The predicted molar refractivity (Wildman–Crippen MR) is 185 cm³/mol. The lowest BCUT2D eigenvalue weighted by atomic mass is 9.47. The van der Waals surface area contributed by atoms with E-state index in [0.29, 0.717) is 30.3 Å². The summed E-state index contributed by atoms with van der Waals surface area (Å²) in [7, 11) is 0. The number of fused-ring (bicyclic) bond motifs is 5. The number of hydrogen-bond donors (Lipinski definition) is 0. The van der Waals surface area contributed by atoms with Crippen LogP contribution in [0.4, 0.5) is 0 Å². The molecular formula is C41H68O4. The van der Waals surface area contributed by atoms with E-state index in [9.17, 15) is 14.4 Å². The number of allylic oxidation sites excluding steroid dienone is 1. The second kappa shape index (κ2) is 16.1. The van der Waals surface area contributed by atoms with E-state index in [4.69, 9.17) is 4.74 Å². The smallest absolute Gasteiger partial charge is 0.326 e. The van der Waals surface area contributed by atoms with Crippen LogP contribution in [0.15, 0.2) is 11.6 Å². The lowest BCUT2D eigenvalue weighted by Gasteiger charge is -2.58. The van der Waals surface area contributed by atoms with Crippen LogP contribution in [0, 0.1) is 51.8 Å². The first kappa shape index (κ1) is 36.4. The zero-order valence-corrected chi connectivity index (χ0v) is 30.0. The molecule has 4 rings (SSSR count). The van der Waals surface area contributed by atoms with Crippen LogP contribution >= 0.6 is 0 Å². The average molecular weight is 625 g/mol.